The molecule has 0 saturated carbocycles. The number of hydrogen-bond acceptors (Lipinski definition) is 6. The zero-order chi connectivity index (χ0) is 18.4. The number of hydrogen-bond donors (Lipinski definition) is 2. The molecule has 0 aromatic carbocycles. The van der Waals surface area contributed by atoms with Gasteiger partial charge in [-0.15, -0.1) is 0 Å². The van der Waals surface area contributed by atoms with Crippen molar-refractivity contribution in [3.8, 4) is 0 Å². The van der Waals surface area contributed by atoms with Crippen LogP contribution in [0.15, 0.2) is 0 Å². The lowest BCUT2D eigenvalue weighted by Gasteiger charge is -2.25. The Morgan fingerprint density at radius 1 is 1.25 bits per heavy atom. The van der Waals surface area contributed by atoms with Crippen molar-refractivity contribution in [1.29, 1.82) is 0 Å². The van der Waals surface area contributed by atoms with Crippen molar-refractivity contribution in [2.75, 3.05) is 12.9 Å². The number of nitrogens with one attached hydrogen (secondary N) is 2. The van der Waals surface area contributed by atoms with Gasteiger partial charge in [0.15, 0.2) is 0 Å². The Balaban J connectivity index is 2.59. The number of nitrogens with zero attached hydrogens (tertiary/aromatic N) is 1. The van der Waals surface area contributed by atoms with Crippen LogP contribution in [0.3, 0.4) is 0 Å². The average molecular weight is 359 g/mol. The van der Waals surface area contributed by atoms with Crippen LogP contribution >= 0.6 is 11.8 Å². The zero-order valence-electron chi connectivity index (χ0n) is 14.6. The number of ether oxygens (including phenoxy) is 1. The first kappa shape index (κ1) is 20.4. The van der Waals surface area contributed by atoms with Gasteiger partial charge >= 0.3 is 0 Å². The van der Waals surface area contributed by atoms with Gasteiger partial charge in [-0.3, -0.25) is 24.1 Å². The van der Waals surface area contributed by atoms with E-state index in [9.17, 15) is 19.2 Å². The normalized spacial score (nSPS) is 21.4. The van der Waals surface area contributed by atoms with Crippen molar-refractivity contribution in [3.05, 3.63) is 0 Å². The van der Waals surface area contributed by atoms with Gasteiger partial charge in [-0.25, -0.2) is 0 Å². The van der Waals surface area contributed by atoms with E-state index >= 15 is 0 Å². The van der Waals surface area contributed by atoms with E-state index in [0.717, 1.165) is 4.90 Å². The van der Waals surface area contributed by atoms with Crippen LogP contribution in [-0.4, -0.2) is 65.0 Å². The summed E-state index contributed by atoms with van der Waals surface area (Å²) < 4.78 is 5.17. The third-order valence-corrected chi connectivity index (χ3v) is 4.63. The first-order chi connectivity index (χ1) is 11.2. The van der Waals surface area contributed by atoms with Gasteiger partial charge < -0.3 is 15.4 Å². The molecule has 0 aromatic heterocycles. The van der Waals surface area contributed by atoms with E-state index in [1.54, 1.807) is 27.0 Å². The van der Waals surface area contributed by atoms with Crippen LogP contribution in [0.25, 0.3) is 0 Å². The Morgan fingerprint density at radius 3 is 2.33 bits per heavy atom. The summed E-state index contributed by atoms with van der Waals surface area (Å²) in [4.78, 5) is 49.2. The van der Waals surface area contributed by atoms with Crippen LogP contribution in [0.2, 0.25) is 0 Å². The molecule has 1 rings (SSSR count). The summed E-state index contributed by atoms with van der Waals surface area (Å²) in [5, 5.41) is 4.74. The Hall–Kier alpha value is -1.61. The molecule has 0 spiro atoms. The summed E-state index contributed by atoms with van der Waals surface area (Å²) in [5.41, 5.74) is 0. The van der Waals surface area contributed by atoms with Gasteiger partial charge in [0.05, 0.1) is 11.4 Å². The molecule has 24 heavy (non-hydrogen) atoms. The third-order valence-electron chi connectivity index (χ3n) is 3.70. The molecule has 1 saturated heterocycles. The van der Waals surface area contributed by atoms with Gasteiger partial charge in [-0.05, 0) is 34.0 Å². The number of thioether (sulfide) groups is 1. The van der Waals surface area contributed by atoms with E-state index in [4.69, 9.17) is 4.74 Å². The Morgan fingerprint density at radius 2 is 1.83 bits per heavy atom. The molecule has 4 atom stereocenters. The Kier molecular flexibility index (Phi) is 7.68. The lowest BCUT2D eigenvalue weighted by Crippen LogP contribution is -2.55. The van der Waals surface area contributed by atoms with E-state index in [2.05, 4.69) is 10.6 Å². The predicted octanol–water partition coefficient (Wildman–Crippen LogP) is -0.131. The smallest absolute Gasteiger partial charge is 0.250 e. The molecular formula is C15H25N3O5S. The van der Waals surface area contributed by atoms with Gasteiger partial charge in [0, 0.05) is 13.0 Å². The lowest BCUT2D eigenvalue weighted by atomic mass is 10.2. The van der Waals surface area contributed by atoms with Crippen LogP contribution in [0.4, 0.5) is 0 Å². The highest BCUT2D eigenvalue weighted by Crippen LogP contribution is 2.24. The second-order valence-electron chi connectivity index (χ2n) is 5.54. The lowest BCUT2D eigenvalue weighted by molar-refractivity contribution is -0.146. The van der Waals surface area contributed by atoms with E-state index in [0.29, 0.717) is 6.61 Å². The van der Waals surface area contributed by atoms with Crippen molar-refractivity contribution in [3.63, 3.8) is 0 Å². The maximum Gasteiger partial charge on any atom is 0.250 e. The molecule has 4 amide bonds. The first-order valence-corrected chi connectivity index (χ1v) is 9.12. The first-order valence-electron chi connectivity index (χ1n) is 7.83. The molecule has 0 bridgehead atoms. The summed E-state index contributed by atoms with van der Waals surface area (Å²) in [6.07, 6.45) is 0.576. The summed E-state index contributed by atoms with van der Waals surface area (Å²) in [6.45, 7) is 6.88. The summed E-state index contributed by atoms with van der Waals surface area (Å²) in [7, 11) is 0. The molecule has 1 fully saturated rings. The summed E-state index contributed by atoms with van der Waals surface area (Å²) in [5.74, 6) is -1.57. The van der Waals surface area contributed by atoms with Gasteiger partial charge in [0.25, 0.3) is 0 Å². The Labute approximate surface area is 146 Å². The largest absolute Gasteiger partial charge is 0.369 e. The van der Waals surface area contributed by atoms with Crippen molar-refractivity contribution in [1.82, 2.24) is 15.5 Å². The van der Waals surface area contributed by atoms with Crippen LogP contribution in [0.1, 0.15) is 34.1 Å². The maximum absolute atomic E-state index is 12.3. The number of amides is 4. The van der Waals surface area contributed by atoms with Crippen LogP contribution in [0.5, 0.6) is 0 Å². The molecule has 2 N–H and O–H groups in total. The molecular weight excluding hydrogens is 334 g/mol. The van der Waals surface area contributed by atoms with Crippen molar-refractivity contribution in [2.24, 2.45) is 0 Å². The number of imide groups is 1. The Bertz CT molecular complexity index is 513. The number of carbonyl (C=O) groups is 4. The monoisotopic (exact) mass is 359 g/mol. The number of likely N-dealkylation sites (tertiary alicyclic amines) is 1. The molecule has 0 aliphatic carbocycles. The molecule has 0 radical (unpaired) electrons. The topological polar surface area (TPSA) is 105 Å². The average Bonchev–Trinajstić information content (AvgIpc) is 2.80. The minimum atomic E-state index is -0.925. The maximum atomic E-state index is 12.3. The predicted molar refractivity (Wildman–Crippen MR) is 90.1 cm³/mol. The second-order valence-corrected chi connectivity index (χ2v) is 6.58. The number of carbonyl (C=O) groups excluding carboxylic acids is 4. The van der Waals surface area contributed by atoms with E-state index in [1.165, 1.54) is 18.7 Å². The van der Waals surface area contributed by atoms with Gasteiger partial charge in [-0.2, -0.15) is 11.8 Å². The van der Waals surface area contributed by atoms with Crippen molar-refractivity contribution < 1.29 is 23.9 Å². The van der Waals surface area contributed by atoms with Crippen LogP contribution in [-0.2, 0) is 23.9 Å². The van der Waals surface area contributed by atoms with Gasteiger partial charge in [0.1, 0.15) is 12.1 Å². The zero-order valence-corrected chi connectivity index (χ0v) is 15.4. The molecule has 8 nitrogen and oxygen atoms in total. The fourth-order valence-corrected chi connectivity index (χ4v) is 2.98. The summed E-state index contributed by atoms with van der Waals surface area (Å²) >= 11 is 1.29. The minimum Gasteiger partial charge on any atom is -0.369 e. The van der Waals surface area contributed by atoms with Gasteiger partial charge in [-0.1, -0.05) is 0 Å². The molecule has 0 aromatic rings. The van der Waals surface area contributed by atoms with Crippen molar-refractivity contribution >= 4 is 35.4 Å². The molecule has 136 valence electrons. The van der Waals surface area contributed by atoms with E-state index in [-0.39, 0.29) is 24.1 Å². The fourth-order valence-electron chi connectivity index (χ4n) is 2.36. The third kappa shape index (κ3) is 4.94. The van der Waals surface area contributed by atoms with Crippen LogP contribution < -0.4 is 10.6 Å². The van der Waals surface area contributed by atoms with Gasteiger partial charge in [0.2, 0.25) is 23.6 Å². The highest BCUT2D eigenvalue weighted by atomic mass is 32.2. The van der Waals surface area contributed by atoms with Crippen LogP contribution in [0, 0.1) is 0 Å². The molecule has 1 aliphatic heterocycles. The highest BCUT2D eigenvalue weighted by Gasteiger charge is 2.42. The molecule has 4 unspecified atom stereocenters. The minimum absolute atomic E-state index is 0.107. The summed E-state index contributed by atoms with van der Waals surface area (Å²) in [6, 6.07) is -0.925. The molecule has 1 aliphatic rings. The fraction of sp³-hybridized carbons (Fsp3) is 0.733. The van der Waals surface area contributed by atoms with E-state index in [1.807, 2.05) is 0 Å². The van der Waals surface area contributed by atoms with E-state index < -0.39 is 29.5 Å². The quantitative estimate of drug-likeness (QED) is 0.462. The SMILES string of the molecule is CCOC(C)C(=O)NC(C)NC(=O)C(C)N1C(=O)CC(SC)C1=O. The van der Waals surface area contributed by atoms with Crippen molar-refractivity contribution in [2.45, 2.75) is 57.7 Å². The second kappa shape index (κ2) is 9.03. The number of rotatable bonds is 8. The standard InChI is InChI=1S/C15H25N3O5S/c1-6-23-9(3)14(21)17-10(4)16-13(20)8(2)18-12(19)7-11(24-5)15(18)22/h8-11H,6-7H2,1-5H3,(H,16,20)(H,17,21). The molecule has 9 heteroatoms. The molecule has 1 heterocycles. The highest BCUT2D eigenvalue weighted by molar-refractivity contribution is 8.00.